The Labute approximate surface area is 259 Å². The number of aromatic nitrogens is 4. The number of ether oxygens (including phenoxy) is 4. The van der Waals surface area contributed by atoms with Crippen LogP contribution in [0.2, 0.25) is 0 Å². The molecule has 4 atom stereocenters. The first kappa shape index (κ1) is 36.0. The molecule has 19 heteroatoms. The molecule has 0 unspecified atom stereocenters. The minimum absolute atomic E-state index is 0.113. The van der Waals surface area contributed by atoms with Crippen LogP contribution in [0.4, 0.5) is 16.2 Å². The Hall–Kier alpha value is -3.44. The second-order valence-electron chi connectivity index (χ2n) is 12.3. The number of carbonyl (C=O) groups excluding carboxylic acids is 3. The van der Waals surface area contributed by atoms with Crippen LogP contribution in [-0.2, 0) is 51.5 Å². The van der Waals surface area contributed by atoms with E-state index in [-0.39, 0.29) is 22.9 Å². The molecule has 0 amide bonds. The number of hydrogen-bond donors (Lipinski definition) is 2. The van der Waals surface area contributed by atoms with E-state index < -0.39 is 80.9 Å². The van der Waals surface area contributed by atoms with Gasteiger partial charge in [-0.3, -0.25) is 23.5 Å². The molecule has 0 bridgehead atoms. The van der Waals surface area contributed by atoms with Crippen LogP contribution in [0.3, 0.4) is 0 Å². The largest absolute Gasteiger partial charge is 0.480 e. The van der Waals surface area contributed by atoms with Gasteiger partial charge in [0.15, 0.2) is 35.0 Å². The minimum Gasteiger partial charge on any atom is -0.456 e. The summed E-state index contributed by atoms with van der Waals surface area (Å²) < 4.78 is 68.3. The Balaban J connectivity index is 1.87. The second-order valence-corrected chi connectivity index (χ2v) is 14.0. The number of nitrogens with two attached hydrogens (primary N) is 1. The number of phosphoric ester groups is 1. The van der Waals surface area contributed by atoms with Crippen LogP contribution < -0.4 is 11.1 Å². The Bertz CT molecular complexity index is 1420. The molecule has 2 aromatic heterocycles. The molecule has 1 aliphatic rings. The van der Waals surface area contributed by atoms with E-state index in [0.29, 0.717) is 0 Å². The quantitative estimate of drug-likeness (QED) is 0.144. The van der Waals surface area contributed by atoms with Crippen molar-refractivity contribution in [2.24, 2.45) is 10.8 Å². The molecule has 252 valence electrons. The van der Waals surface area contributed by atoms with Gasteiger partial charge in [-0.2, -0.15) is 9.97 Å². The molecule has 45 heavy (non-hydrogen) atoms. The Morgan fingerprint density at radius 2 is 1.62 bits per heavy atom. The van der Waals surface area contributed by atoms with Gasteiger partial charge in [0.2, 0.25) is 19.5 Å². The number of carbonyl (C=O) groups is 3. The summed E-state index contributed by atoms with van der Waals surface area (Å²) in [5.41, 5.74) is 1.95. The molecule has 0 spiro atoms. The number of nitrogens with zero attached hydrogens (tertiary/aromatic N) is 4. The highest BCUT2D eigenvalue weighted by Gasteiger charge is 2.58. The average molecular weight is 663 g/mol. The topological polar surface area (TPSA) is 215 Å². The number of phosphoric acid groups is 1. The maximum absolute atomic E-state index is 16.5. The molecule has 2 aromatic rings. The minimum atomic E-state index is -4.69. The van der Waals surface area contributed by atoms with Crippen LogP contribution in [0.25, 0.3) is 11.2 Å². The molecule has 1 saturated heterocycles. The van der Waals surface area contributed by atoms with Gasteiger partial charge in [-0.05, 0) is 48.5 Å². The second kappa shape index (κ2) is 13.5. The number of nitrogen functional groups attached to an aromatic ring is 1. The molecule has 1 fully saturated rings. The van der Waals surface area contributed by atoms with Gasteiger partial charge in [-0.15, -0.1) is 0 Å². The van der Waals surface area contributed by atoms with Crippen molar-refractivity contribution in [3.05, 3.63) is 6.33 Å². The van der Waals surface area contributed by atoms with E-state index in [1.807, 2.05) is 0 Å². The van der Waals surface area contributed by atoms with Crippen LogP contribution in [-0.4, -0.2) is 82.5 Å². The lowest BCUT2D eigenvalue weighted by Gasteiger charge is -2.27. The average Bonchev–Trinajstić information content (AvgIpc) is 3.43. The smallest absolute Gasteiger partial charge is 0.456 e. The van der Waals surface area contributed by atoms with Crippen LogP contribution >= 0.6 is 7.82 Å². The first-order chi connectivity index (χ1) is 20.7. The molecule has 17 nitrogen and oxygen atoms in total. The molecule has 3 N–H and O–H groups in total. The molecule has 3 heterocycles. The molecule has 1 aliphatic heterocycles. The van der Waals surface area contributed by atoms with Crippen LogP contribution in [0, 0.1) is 10.8 Å². The Morgan fingerprint density at radius 1 is 1.07 bits per heavy atom. The predicted octanol–water partition coefficient (Wildman–Crippen LogP) is 3.26. The van der Waals surface area contributed by atoms with Gasteiger partial charge in [0.1, 0.15) is 6.10 Å². The molecule has 0 aromatic carbocycles. The van der Waals surface area contributed by atoms with Gasteiger partial charge in [0.05, 0.1) is 23.8 Å². The van der Waals surface area contributed by atoms with E-state index in [9.17, 15) is 18.9 Å². The van der Waals surface area contributed by atoms with E-state index in [2.05, 4.69) is 20.3 Å². The van der Waals surface area contributed by atoms with Crippen molar-refractivity contribution in [2.75, 3.05) is 38.3 Å². The van der Waals surface area contributed by atoms with Crippen molar-refractivity contribution < 1.29 is 55.9 Å². The summed E-state index contributed by atoms with van der Waals surface area (Å²) in [7, 11) is -3.10. The fraction of sp³-hybridized carbons (Fsp3) is 0.692. The highest BCUT2D eigenvalue weighted by molar-refractivity contribution is 7.48. The number of alkyl halides is 1. The summed E-state index contributed by atoms with van der Waals surface area (Å²) in [6.07, 6.45) is -3.25. The molecule has 0 aliphatic carbocycles. The lowest BCUT2D eigenvalue weighted by Crippen LogP contribution is -2.43. The van der Waals surface area contributed by atoms with Gasteiger partial charge in [-0.25, -0.2) is 23.0 Å². The summed E-state index contributed by atoms with van der Waals surface area (Å²) in [5.74, 6) is -2.05. The molecule has 3 rings (SSSR count). The standard InChI is InChI=1S/C26H40FN6O11P/c1-14(34)43-17-15(44-20(26(17,8)27)33-11-30-16-18(29-9)31-23(28)32-19(16)33)10-40-45(37,41-12-38-21(35)24(2,3)4)42-13-39-22(36)25(5,6)7/h11,15,17,20H,10,12-13H2,1-9H3,(H3,28,29,31,32)/t15-,17-,20-,26-/m1/s1. The normalized spacial score (nSPS) is 22.3. The van der Waals surface area contributed by atoms with Crippen molar-refractivity contribution in [3.8, 4) is 0 Å². The first-order valence-corrected chi connectivity index (χ1v) is 15.2. The maximum Gasteiger partial charge on any atom is 0.480 e. The predicted molar refractivity (Wildman–Crippen MR) is 155 cm³/mol. The van der Waals surface area contributed by atoms with Gasteiger partial charge in [0, 0.05) is 14.0 Å². The van der Waals surface area contributed by atoms with E-state index in [1.165, 1.54) is 10.9 Å². The van der Waals surface area contributed by atoms with Crippen molar-refractivity contribution in [1.82, 2.24) is 19.5 Å². The highest BCUT2D eigenvalue weighted by atomic mass is 31.2. The third kappa shape index (κ3) is 8.64. The zero-order chi connectivity index (χ0) is 34.0. The van der Waals surface area contributed by atoms with Crippen LogP contribution in [0.5, 0.6) is 0 Å². The third-order valence-electron chi connectivity index (χ3n) is 6.32. The summed E-state index contributed by atoms with van der Waals surface area (Å²) in [5, 5.41) is 2.83. The number of hydrogen-bond acceptors (Lipinski definition) is 16. The SMILES string of the molecule is CNc1nc(N)nc2c1ncn2[C@@H]1O[C@H](COP(=O)(OCOC(=O)C(C)(C)C)OCOC(=O)C(C)(C)C)[C@@H](OC(C)=O)[C@@]1(C)F. The van der Waals surface area contributed by atoms with E-state index in [0.717, 1.165) is 13.8 Å². The van der Waals surface area contributed by atoms with Crippen molar-refractivity contribution >= 4 is 48.7 Å². The molecule has 0 saturated carbocycles. The van der Waals surface area contributed by atoms with E-state index in [1.54, 1.807) is 48.6 Å². The molecule has 0 radical (unpaired) electrons. The summed E-state index contributed by atoms with van der Waals surface area (Å²) in [4.78, 5) is 48.8. The lowest BCUT2D eigenvalue weighted by atomic mass is 9.98. The van der Waals surface area contributed by atoms with Gasteiger partial charge < -0.3 is 30.0 Å². The summed E-state index contributed by atoms with van der Waals surface area (Å²) >= 11 is 0. The van der Waals surface area contributed by atoms with Crippen molar-refractivity contribution in [1.29, 1.82) is 0 Å². The monoisotopic (exact) mass is 662 g/mol. The highest BCUT2D eigenvalue weighted by Crippen LogP contribution is 2.52. The fourth-order valence-electron chi connectivity index (χ4n) is 3.99. The van der Waals surface area contributed by atoms with Crippen molar-refractivity contribution in [3.63, 3.8) is 0 Å². The molecular formula is C26H40FN6O11P. The van der Waals surface area contributed by atoms with Gasteiger partial charge in [-0.1, -0.05) is 0 Å². The lowest BCUT2D eigenvalue weighted by molar-refractivity contribution is -0.163. The number of fused-ring (bicyclic) bond motifs is 1. The van der Waals surface area contributed by atoms with Crippen molar-refractivity contribution in [2.45, 2.75) is 79.5 Å². The van der Waals surface area contributed by atoms with E-state index in [4.69, 9.17) is 38.3 Å². The number of imidazole rings is 1. The van der Waals surface area contributed by atoms with Gasteiger partial charge >= 0.3 is 25.7 Å². The van der Waals surface area contributed by atoms with Gasteiger partial charge in [0.25, 0.3) is 0 Å². The molecular weight excluding hydrogens is 622 g/mol. The number of rotatable bonds is 12. The zero-order valence-corrected chi connectivity index (χ0v) is 27.5. The zero-order valence-electron chi connectivity index (χ0n) is 26.6. The number of anilines is 2. The Kier molecular flexibility index (Phi) is 10.8. The summed E-state index contributed by atoms with van der Waals surface area (Å²) in [6, 6.07) is 0. The number of esters is 3. The van der Waals surface area contributed by atoms with Crippen LogP contribution in [0.1, 0.15) is 61.6 Å². The first-order valence-electron chi connectivity index (χ1n) is 13.8. The maximum atomic E-state index is 16.5. The Morgan fingerprint density at radius 3 is 2.11 bits per heavy atom. The third-order valence-corrected chi connectivity index (χ3v) is 7.63. The fourth-order valence-corrected chi connectivity index (χ4v) is 4.90. The van der Waals surface area contributed by atoms with Crippen LogP contribution in [0.15, 0.2) is 6.33 Å². The van der Waals surface area contributed by atoms with E-state index >= 15 is 4.39 Å². The number of halogens is 1. The number of nitrogens with one attached hydrogen (secondary N) is 1. The summed E-state index contributed by atoms with van der Waals surface area (Å²) in [6.45, 7) is 9.30.